The van der Waals surface area contributed by atoms with Crippen molar-refractivity contribution in [2.45, 2.75) is 20.4 Å². The van der Waals surface area contributed by atoms with Crippen LogP contribution in [0.4, 0.5) is 4.39 Å². The number of rotatable bonds is 5. The summed E-state index contributed by atoms with van der Waals surface area (Å²) in [6.45, 7) is 4.13. The number of fused-ring (bicyclic) bond motifs is 1. The van der Waals surface area contributed by atoms with Gasteiger partial charge in [-0.15, -0.1) is 0 Å². The summed E-state index contributed by atoms with van der Waals surface area (Å²) in [5.74, 6) is -0.119. The van der Waals surface area contributed by atoms with E-state index in [1.54, 1.807) is 42.2 Å². The van der Waals surface area contributed by atoms with Crippen LogP contribution in [0.2, 0.25) is 0 Å². The topological polar surface area (TPSA) is 72.4 Å². The third-order valence-corrected chi connectivity index (χ3v) is 5.15. The summed E-state index contributed by atoms with van der Waals surface area (Å²) >= 11 is 3.35. The van der Waals surface area contributed by atoms with Crippen molar-refractivity contribution in [3.8, 4) is 11.5 Å². The molecule has 0 radical (unpaired) electrons. The highest BCUT2D eigenvalue weighted by Crippen LogP contribution is 2.29. The van der Waals surface area contributed by atoms with Crippen LogP contribution in [0, 0.1) is 12.7 Å². The van der Waals surface area contributed by atoms with Crippen molar-refractivity contribution in [1.82, 2.24) is 15.0 Å². The second-order valence-electron chi connectivity index (χ2n) is 6.54. The molecule has 0 fully saturated rings. The van der Waals surface area contributed by atoms with Crippen LogP contribution in [0.25, 0.3) is 22.6 Å². The number of aromatic nitrogens is 2. The standard InChI is InChI=1S/C21H17BrFN3O3/c1-3-26(11-13-9-14(22)6-7-16(13)23)21(27)15-10-17(18-5-4-8-28-18)24-20-19(15)12(2)25-29-20/h4-10H,3,11H2,1-2H3. The van der Waals surface area contributed by atoms with Gasteiger partial charge in [0.1, 0.15) is 11.5 Å². The molecule has 0 atom stereocenters. The lowest BCUT2D eigenvalue weighted by Crippen LogP contribution is -2.31. The molecule has 29 heavy (non-hydrogen) atoms. The van der Waals surface area contributed by atoms with E-state index < -0.39 is 0 Å². The largest absolute Gasteiger partial charge is 0.463 e. The van der Waals surface area contributed by atoms with Crippen molar-refractivity contribution in [1.29, 1.82) is 0 Å². The molecule has 0 aliphatic heterocycles. The molecule has 4 rings (SSSR count). The first-order valence-electron chi connectivity index (χ1n) is 9.02. The molecule has 0 unspecified atom stereocenters. The molecule has 6 nitrogen and oxygen atoms in total. The summed E-state index contributed by atoms with van der Waals surface area (Å²) in [6, 6.07) is 9.82. The number of carbonyl (C=O) groups is 1. The molecule has 0 saturated heterocycles. The van der Waals surface area contributed by atoms with Crippen LogP contribution in [0.3, 0.4) is 0 Å². The Morgan fingerprint density at radius 1 is 1.28 bits per heavy atom. The van der Waals surface area contributed by atoms with Gasteiger partial charge in [-0.1, -0.05) is 21.1 Å². The van der Waals surface area contributed by atoms with Crippen molar-refractivity contribution in [3.05, 3.63) is 69.8 Å². The van der Waals surface area contributed by atoms with Gasteiger partial charge in [-0.25, -0.2) is 9.37 Å². The third-order valence-electron chi connectivity index (χ3n) is 4.66. The molecule has 3 heterocycles. The molecular weight excluding hydrogens is 441 g/mol. The molecule has 0 aliphatic carbocycles. The van der Waals surface area contributed by atoms with E-state index in [1.807, 2.05) is 6.92 Å². The summed E-state index contributed by atoms with van der Waals surface area (Å²) < 4.78 is 25.7. The first-order valence-corrected chi connectivity index (χ1v) is 9.81. The predicted octanol–water partition coefficient (Wildman–Crippen LogP) is 5.36. The zero-order valence-corrected chi connectivity index (χ0v) is 17.4. The average molecular weight is 458 g/mol. The lowest BCUT2D eigenvalue weighted by Gasteiger charge is -2.22. The lowest BCUT2D eigenvalue weighted by molar-refractivity contribution is 0.0753. The van der Waals surface area contributed by atoms with Gasteiger partial charge >= 0.3 is 0 Å². The fourth-order valence-corrected chi connectivity index (χ4v) is 3.59. The van der Waals surface area contributed by atoms with Gasteiger partial charge in [0, 0.05) is 23.1 Å². The molecule has 1 aromatic carbocycles. The number of pyridine rings is 1. The van der Waals surface area contributed by atoms with Gasteiger partial charge in [-0.2, -0.15) is 0 Å². The van der Waals surface area contributed by atoms with Crippen LogP contribution >= 0.6 is 15.9 Å². The Kier molecular flexibility index (Phi) is 5.19. The maximum Gasteiger partial charge on any atom is 0.259 e. The fourth-order valence-electron chi connectivity index (χ4n) is 3.18. The molecule has 1 amide bonds. The van der Waals surface area contributed by atoms with Gasteiger partial charge in [-0.3, -0.25) is 4.79 Å². The smallest absolute Gasteiger partial charge is 0.259 e. The van der Waals surface area contributed by atoms with Gasteiger partial charge in [0.25, 0.3) is 11.6 Å². The quantitative estimate of drug-likeness (QED) is 0.403. The van der Waals surface area contributed by atoms with Crippen molar-refractivity contribution < 1.29 is 18.1 Å². The van der Waals surface area contributed by atoms with Crippen LogP contribution in [0.1, 0.15) is 28.5 Å². The SMILES string of the molecule is CCN(Cc1cc(Br)ccc1F)C(=O)c1cc(-c2ccco2)nc2onc(C)c12. The highest BCUT2D eigenvalue weighted by atomic mass is 79.9. The van der Waals surface area contributed by atoms with E-state index in [0.717, 1.165) is 4.47 Å². The maximum atomic E-state index is 14.2. The van der Waals surface area contributed by atoms with E-state index in [1.165, 1.54) is 12.3 Å². The molecule has 0 bridgehead atoms. The van der Waals surface area contributed by atoms with Crippen LogP contribution in [-0.2, 0) is 6.54 Å². The normalized spacial score (nSPS) is 11.2. The molecule has 8 heteroatoms. The van der Waals surface area contributed by atoms with Crippen molar-refractivity contribution in [2.24, 2.45) is 0 Å². The molecular formula is C21H17BrFN3O3. The summed E-state index contributed by atoms with van der Waals surface area (Å²) in [7, 11) is 0. The number of furan rings is 1. The molecule has 0 aliphatic rings. The molecule has 4 aromatic rings. The zero-order chi connectivity index (χ0) is 20.5. The summed E-state index contributed by atoms with van der Waals surface area (Å²) in [6.07, 6.45) is 1.53. The predicted molar refractivity (Wildman–Crippen MR) is 109 cm³/mol. The van der Waals surface area contributed by atoms with Gasteiger partial charge in [0.05, 0.1) is 22.9 Å². The van der Waals surface area contributed by atoms with Crippen LogP contribution in [0.15, 0.2) is 56.1 Å². The minimum atomic E-state index is -0.364. The number of aryl methyl sites for hydroxylation is 1. The molecule has 0 spiro atoms. The van der Waals surface area contributed by atoms with Gasteiger partial charge in [0.2, 0.25) is 0 Å². The van der Waals surface area contributed by atoms with E-state index in [-0.39, 0.29) is 24.0 Å². The van der Waals surface area contributed by atoms with E-state index in [4.69, 9.17) is 8.94 Å². The van der Waals surface area contributed by atoms with Crippen molar-refractivity contribution in [3.63, 3.8) is 0 Å². The molecule has 0 N–H and O–H groups in total. The summed E-state index contributed by atoms with van der Waals surface area (Å²) in [4.78, 5) is 19.4. The van der Waals surface area contributed by atoms with Gasteiger partial charge < -0.3 is 13.8 Å². The third kappa shape index (κ3) is 3.67. The number of carbonyl (C=O) groups excluding carboxylic acids is 1. The Bertz CT molecular complexity index is 1190. The second kappa shape index (κ2) is 7.79. The Morgan fingerprint density at radius 2 is 2.10 bits per heavy atom. The zero-order valence-electron chi connectivity index (χ0n) is 15.8. The van der Waals surface area contributed by atoms with Gasteiger partial charge in [-0.05, 0) is 50.2 Å². The Balaban J connectivity index is 1.78. The summed E-state index contributed by atoms with van der Waals surface area (Å²) in [5.41, 5.74) is 2.09. The number of hydrogen-bond donors (Lipinski definition) is 0. The average Bonchev–Trinajstić information content (AvgIpc) is 3.38. The second-order valence-corrected chi connectivity index (χ2v) is 7.45. The van der Waals surface area contributed by atoms with Crippen LogP contribution in [0.5, 0.6) is 0 Å². The number of hydrogen-bond acceptors (Lipinski definition) is 5. The summed E-state index contributed by atoms with van der Waals surface area (Å²) in [5, 5.41) is 4.49. The highest BCUT2D eigenvalue weighted by Gasteiger charge is 2.24. The highest BCUT2D eigenvalue weighted by molar-refractivity contribution is 9.10. The minimum Gasteiger partial charge on any atom is -0.463 e. The number of amides is 1. The molecule has 3 aromatic heterocycles. The van der Waals surface area contributed by atoms with E-state index >= 15 is 0 Å². The number of nitrogens with zero attached hydrogens (tertiary/aromatic N) is 3. The lowest BCUT2D eigenvalue weighted by atomic mass is 10.1. The fraction of sp³-hybridized carbons (Fsp3) is 0.190. The Hall–Kier alpha value is -3.00. The van der Waals surface area contributed by atoms with Gasteiger partial charge in [0.15, 0.2) is 5.76 Å². The Morgan fingerprint density at radius 3 is 2.83 bits per heavy atom. The van der Waals surface area contributed by atoms with E-state index in [9.17, 15) is 9.18 Å². The molecule has 148 valence electrons. The van der Waals surface area contributed by atoms with E-state index in [0.29, 0.717) is 40.2 Å². The minimum absolute atomic E-state index is 0.130. The van der Waals surface area contributed by atoms with Crippen LogP contribution in [-0.4, -0.2) is 27.5 Å². The number of benzene rings is 1. The molecule has 0 saturated carbocycles. The Labute approximate surface area is 174 Å². The van der Waals surface area contributed by atoms with Crippen molar-refractivity contribution >= 4 is 32.9 Å². The van der Waals surface area contributed by atoms with Crippen molar-refractivity contribution in [2.75, 3.05) is 6.54 Å². The van der Waals surface area contributed by atoms with Crippen LogP contribution < -0.4 is 0 Å². The first kappa shape index (κ1) is 19.3. The van der Waals surface area contributed by atoms with E-state index in [2.05, 4.69) is 26.1 Å². The monoisotopic (exact) mass is 457 g/mol. The first-order chi connectivity index (χ1) is 14.0. The maximum absolute atomic E-state index is 14.2. The number of halogens is 2.